The first-order chi connectivity index (χ1) is 11.7. The van der Waals surface area contributed by atoms with Crippen LogP contribution in [-0.2, 0) is 6.54 Å². The number of thiazole rings is 1. The van der Waals surface area contributed by atoms with Crippen molar-refractivity contribution in [2.75, 3.05) is 14.2 Å². The van der Waals surface area contributed by atoms with Gasteiger partial charge in [0.15, 0.2) is 5.76 Å². The number of hydrogen-bond acceptors (Lipinski definition) is 6. The molecule has 3 aromatic rings. The molecule has 0 saturated carbocycles. The Kier molecular flexibility index (Phi) is 4.81. The number of amides is 1. The highest BCUT2D eigenvalue weighted by atomic mass is 32.1. The first-order valence-corrected chi connectivity index (χ1v) is 8.07. The minimum absolute atomic E-state index is 0.268. The average Bonchev–Trinajstić information content (AvgIpc) is 3.30. The van der Waals surface area contributed by atoms with Gasteiger partial charge in [0.25, 0.3) is 5.91 Å². The number of benzene rings is 1. The number of ether oxygens (including phenoxy) is 2. The number of hydrogen-bond donors (Lipinski definition) is 1. The molecule has 0 radical (unpaired) electrons. The molecular weight excluding hydrogens is 328 g/mol. The summed E-state index contributed by atoms with van der Waals surface area (Å²) in [5.41, 5.74) is 1.62. The van der Waals surface area contributed by atoms with Crippen molar-refractivity contribution in [2.45, 2.75) is 6.54 Å². The fourth-order valence-electron chi connectivity index (χ4n) is 2.18. The normalized spacial score (nSPS) is 10.4. The summed E-state index contributed by atoms with van der Waals surface area (Å²) in [7, 11) is 3.23. The second-order valence-corrected chi connectivity index (χ2v) is 5.80. The second kappa shape index (κ2) is 7.18. The molecule has 0 aliphatic heterocycles. The maximum atomic E-state index is 11.9. The van der Waals surface area contributed by atoms with E-state index in [1.165, 1.54) is 17.6 Å². The predicted octanol–water partition coefficient (Wildman–Crippen LogP) is 3.35. The SMILES string of the molecule is COc1ccc(OC)c(-c2csc(CNC(=O)c3ccco3)n2)c1. The quantitative estimate of drug-likeness (QED) is 0.742. The molecule has 124 valence electrons. The predicted molar refractivity (Wildman–Crippen MR) is 90.5 cm³/mol. The van der Waals surface area contributed by atoms with E-state index in [0.29, 0.717) is 12.3 Å². The van der Waals surface area contributed by atoms with Gasteiger partial charge in [-0.2, -0.15) is 0 Å². The lowest BCUT2D eigenvalue weighted by Gasteiger charge is -2.08. The molecule has 7 heteroatoms. The van der Waals surface area contributed by atoms with Crippen LogP contribution >= 0.6 is 11.3 Å². The van der Waals surface area contributed by atoms with E-state index in [9.17, 15) is 4.79 Å². The monoisotopic (exact) mass is 344 g/mol. The van der Waals surface area contributed by atoms with E-state index in [0.717, 1.165) is 22.0 Å². The van der Waals surface area contributed by atoms with E-state index in [4.69, 9.17) is 13.9 Å². The van der Waals surface area contributed by atoms with Gasteiger partial charge in [-0.15, -0.1) is 11.3 Å². The summed E-state index contributed by atoms with van der Waals surface area (Å²) in [4.78, 5) is 16.4. The maximum absolute atomic E-state index is 11.9. The van der Waals surface area contributed by atoms with Crippen LogP contribution in [0, 0.1) is 0 Å². The molecule has 6 nitrogen and oxygen atoms in total. The minimum atomic E-state index is -0.268. The Labute approximate surface area is 143 Å². The lowest BCUT2D eigenvalue weighted by molar-refractivity contribution is 0.0923. The molecule has 0 bridgehead atoms. The Bertz CT molecular complexity index is 827. The van der Waals surface area contributed by atoms with Crippen molar-refractivity contribution < 1.29 is 18.7 Å². The number of carbonyl (C=O) groups excluding carboxylic acids is 1. The van der Waals surface area contributed by atoms with Crippen molar-refractivity contribution in [3.8, 4) is 22.8 Å². The lowest BCUT2D eigenvalue weighted by Crippen LogP contribution is -2.22. The van der Waals surface area contributed by atoms with Crippen LogP contribution in [-0.4, -0.2) is 25.1 Å². The highest BCUT2D eigenvalue weighted by Crippen LogP contribution is 2.33. The molecule has 2 aromatic heterocycles. The molecule has 0 saturated heterocycles. The Morgan fingerprint density at radius 1 is 1.29 bits per heavy atom. The van der Waals surface area contributed by atoms with E-state index in [-0.39, 0.29) is 11.7 Å². The van der Waals surface area contributed by atoms with Crippen molar-refractivity contribution in [3.05, 3.63) is 52.7 Å². The molecule has 0 aliphatic carbocycles. The van der Waals surface area contributed by atoms with Gasteiger partial charge in [-0.3, -0.25) is 4.79 Å². The fourth-order valence-corrected chi connectivity index (χ4v) is 2.91. The average molecular weight is 344 g/mol. The maximum Gasteiger partial charge on any atom is 0.287 e. The van der Waals surface area contributed by atoms with Crippen LogP contribution in [0.2, 0.25) is 0 Å². The summed E-state index contributed by atoms with van der Waals surface area (Å²) in [6.45, 7) is 0.330. The van der Waals surface area contributed by atoms with Crippen LogP contribution in [0.3, 0.4) is 0 Å². The Hall–Kier alpha value is -2.80. The van der Waals surface area contributed by atoms with E-state index >= 15 is 0 Å². The highest BCUT2D eigenvalue weighted by molar-refractivity contribution is 7.09. The third-order valence-electron chi connectivity index (χ3n) is 3.38. The van der Waals surface area contributed by atoms with Crippen molar-refractivity contribution in [1.82, 2.24) is 10.3 Å². The smallest absolute Gasteiger partial charge is 0.287 e. The summed E-state index contributed by atoms with van der Waals surface area (Å²) in [5, 5.41) is 5.49. The number of nitrogens with one attached hydrogen (secondary N) is 1. The van der Waals surface area contributed by atoms with E-state index in [2.05, 4.69) is 10.3 Å². The number of aromatic nitrogens is 1. The van der Waals surface area contributed by atoms with Gasteiger partial charge in [0.05, 0.1) is 32.7 Å². The molecule has 0 spiro atoms. The summed E-state index contributed by atoms with van der Waals surface area (Å²) in [6, 6.07) is 8.83. The summed E-state index contributed by atoms with van der Waals surface area (Å²) in [6.07, 6.45) is 1.46. The van der Waals surface area contributed by atoms with Crippen LogP contribution < -0.4 is 14.8 Å². The molecule has 0 aliphatic rings. The summed E-state index contributed by atoms with van der Waals surface area (Å²) in [5.74, 6) is 1.45. The Morgan fingerprint density at radius 3 is 2.88 bits per heavy atom. The van der Waals surface area contributed by atoms with Crippen LogP contribution in [0.5, 0.6) is 11.5 Å². The van der Waals surface area contributed by atoms with Crippen LogP contribution in [0.15, 0.2) is 46.4 Å². The Morgan fingerprint density at radius 2 is 2.17 bits per heavy atom. The van der Waals surface area contributed by atoms with E-state index < -0.39 is 0 Å². The third-order valence-corrected chi connectivity index (χ3v) is 4.23. The van der Waals surface area contributed by atoms with Crippen molar-refractivity contribution in [1.29, 1.82) is 0 Å². The fraction of sp³-hybridized carbons (Fsp3) is 0.176. The van der Waals surface area contributed by atoms with Gasteiger partial charge in [-0.1, -0.05) is 0 Å². The summed E-state index contributed by atoms with van der Waals surface area (Å²) < 4.78 is 15.7. The first kappa shape index (κ1) is 16.1. The van der Waals surface area contributed by atoms with Crippen molar-refractivity contribution >= 4 is 17.2 Å². The number of rotatable bonds is 6. The standard InChI is InChI=1S/C17H16N2O4S/c1-21-11-5-6-14(22-2)12(8-11)13-10-24-16(19-13)9-18-17(20)15-4-3-7-23-15/h3-8,10H,9H2,1-2H3,(H,18,20). The van der Waals surface area contributed by atoms with Crippen molar-refractivity contribution in [3.63, 3.8) is 0 Å². The van der Waals surface area contributed by atoms with Gasteiger partial charge in [-0.05, 0) is 30.3 Å². The van der Waals surface area contributed by atoms with E-state index in [1.54, 1.807) is 26.4 Å². The molecule has 0 unspecified atom stereocenters. The van der Waals surface area contributed by atoms with Gasteiger partial charge in [-0.25, -0.2) is 4.98 Å². The number of carbonyl (C=O) groups is 1. The van der Waals surface area contributed by atoms with E-state index in [1.807, 2.05) is 23.6 Å². The minimum Gasteiger partial charge on any atom is -0.497 e. The number of methoxy groups -OCH3 is 2. The van der Waals surface area contributed by atoms with Crippen molar-refractivity contribution in [2.24, 2.45) is 0 Å². The van der Waals surface area contributed by atoms with Gasteiger partial charge in [0, 0.05) is 10.9 Å². The first-order valence-electron chi connectivity index (χ1n) is 7.19. The van der Waals surface area contributed by atoms with Gasteiger partial charge in [0.1, 0.15) is 16.5 Å². The number of nitrogens with zero attached hydrogens (tertiary/aromatic N) is 1. The Balaban J connectivity index is 1.75. The van der Waals surface area contributed by atoms with Crippen LogP contribution in [0.4, 0.5) is 0 Å². The molecule has 1 N–H and O–H groups in total. The molecule has 0 atom stereocenters. The molecular formula is C17H16N2O4S. The zero-order valence-corrected chi connectivity index (χ0v) is 14.1. The van der Waals surface area contributed by atoms with Gasteiger partial charge < -0.3 is 19.2 Å². The molecule has 3 rings (SSSR count). The summed E-state index contributed by atoms with van der Waals surface area (Å²) >= 11 is 1.46. The third kappa shape index (κ3) is 3.41. The van der Waals surface area contributed by atoms with Gasteiger partial charge >= 0.3 is 0 Å². The number of furan rings is 1. The molecule has 1 amide bonds. The largest absolute Gasteiger partial charge is 0.497 e. The van der Waals surface area contributed by atoms with Gasteiger partial charge in [0.2, 0.25) is 0 Å². The highest BCUT2D eigenvalue weighted by Gasteiger charge is 2.13. The zero-order valence-electron chi connectivity index (χ0n) is 13.2. The molecule has 24 heavy (non-hydrogen) atoms. The molecule has 1 aromatic carbocycles. The topological polar surface area (TPSA) is 73.6 Å². The second-order valence-electron chi connectivity index (χ2n) is 4.85. The molecule has 0 fully saturated rings. The van der Waals surface area contributed by atoms with Crippen LogP contribution in [0.1, 0.15) is 15.6 Å². The lowest BCUT2D eigenvalue weighted by atomic mass is 10.1. The van der Waals surface area contributed by atoms with Crippen LogP contribution in [0.25, 0.3) is 11.3 Å². The zero-order chi connectivity index (χ0) is 16.9. The molecule has 2 heterocycles.